The van der Waals surface area contributed by atoms with Gasteiger partial charge in [0.1, 0.15) is 47.4 Å². The van der Waals surface area contributed by atoms with E-state index in [1.54, 1.807) is 83.7 Å². The number of pyridine rings is 1. The van der Waals surface area contributed by atoms with Gasteiger partial charge in [-0.25, -0.2) is 9.59 Å². The normalized spacial score (nSPS) is 31.2. The standard InChI is InChI=1S/C53H83NO14.C21H19ClN4O4/c1-32-16-12-11-13-17-33(2)44(63-8)30-40-21-19-38(7)53(62,68-40)50(59)51(60)54-23-15-14-18-41(54)52(61)67-45(35(4)28-39-20-22-43(66-25-24-55)46(29-39)64-9)31-42(56)34(3)27-37(6)48(58)49(65-10)47(57)36(5)26-32;1-29-19-10-17-13(9-14(19)20(23)27)18(6-7-24-17)30-12-4-5-16(15(22)8-12)26-21(28)25-11-2-3-11/h11-13,16-17,27,32,34-36,38-41,43-46,48-49,55,58,62H,14-15,18-26,28-31H2,1-10H3;4-11H,2-3H2,1H3,(H2,23,27)(H2,25,26,28)/b13-11+,16-12+,33-17+,37-27+;/t32-,34-,35-,36-,38-,39+,40+,41+,43-,44+,45+,46-,48-,49+,53-;/m1./s1. The molecule has 23 nitrogen and oxygen atoms in total. The van der Waals surface area contributed by atoms with Crippen molar-refractivity contribution in [2.75, 3.05) is 53.5 Å². The summed E-state index contributed by atoms with van der Waals surface area (Å²) in [4.78, 5) is 100. The van der Waals surface area contributed by atoms with Crippen LogP contribution in [-0.2, 0) is 52.4 Å². The highest BCUT2D eigenvalue weighted by Gasteiger charge is 2.53. The maximum atomic E-state index is 14.5. The summed E-state index contributed by atoms with van der Waals surface area (Å²) in [5.74, 6) is -7.32. The molecule has 3 aromatic rings. The van der Waals surface area contributed by atoms with Crippen molar-refractivity contribution >= 4 is 69.4 Å². The Kier molecular flexibility index (Phi) is 29.6. The number of nitrogens with two attached hydrogens (primary N) is 1. The van der Waals surface area contributed by atoms with Crippen LogP contribution in [0.3, 0.4) is 0 Å². The molecule has 98 heavy (non-hydrogen) atoms. The smallest absolute Gasteiger partial charge is 0.329 e. The van der Waals surface area contributed by atoms with Crippen LogP contribution in [-0.4, -0.2) is 175 Å². The summed E-state index contributed by atoms with van der Waals surface area (Å²) in [5, 5.41) is 39.3. The van der Waals surface area contributed by atoms with Gasteiger partial charge in [-0.2, -0.15) is 0 Å². The van der Waals surface area contributed by atoms with E-state index in [9.17, 15) is 48.9 Å². The molecule has 2 saturated carbocycles. The van der Waals surface area contributed by atoms with E-state index < -0.39 is 83.7 Å². The Labute approximate surface area is 580 Å². The fraction of sp³-hybridized carbons (Fsp3) is 0.595. The molecule has 1 aromatic heterocycles. The van der Waals surface area contributed by atoms with Crippen LogP contribution in [0.4, 0.5) is 10.5 Å². The minimum absolute atomic E-state index is 0.0158. The quantitative estimate of drug-likeness (QED) is 0.0468. The summed E-state index contributed by atoms with van der Waals surface area (Å²) in [6, 6.07) is 8.63. The number of aromatic nitrogens is 1. The number of rotatable bonds is 15. The predicted molar refractivity (Wildman–Crippen MR) is 369 cm³/mol. The highest BCUT2D eigenvalue weighted by atomic mass is 35.5. The van der Waals surface area contributed by atoms with Crippen LogP contribution in [0.1, 0.15) is 149 Å². The Hall–Kier alpha value is -6.93. The van der Waals surface area contributed by atoms with Gasteiger partial charge in [0.05, 0.1) is 66.5 Å². The number of aliphatic hydroxyl groups excluding tert-OH is 2. The zero-order valence-corrected chi connectivity index (χ0v) is 59.3. The zero-order valence-electron chi connectivity index (χ0n) is 58.5. The van der Waals surface area contributed by atoms with Gasteiger partial charge in [-0.1, -0.05) is 82.7 Å². The maximum absolute atomic E-state index is 14.5. The van der Waals surface area contributed by atoms with Crippen LogP contribution in [0.15, 0.2) is 90.2 Å². The van der Waals surface area contributed by atoms with Crippen molar-refractivity contribution < 1.29 is 86.8 Å². The van der Waals surface area contributed by atoms with Gasteiger partial charge in [-0.05, 0) is 144 Å². The molecule has 7 N–H and O–H groups in total. The number of piperidine rings is 1. The number of anilines is 1. The summed E-state index contributed by atoms with van der Waals surface area (Å²) in [6.45, 7) is 12.9. The minimum atomic E-state index is -2.43. The number of cyclic esters (lactones) is 1. The third-order valence-corrected chi connectivity index (χ3v) is 19.8. The lowest BCUT2D eigenvalue weighted by Gasteiger charge is -2.42. The number of allylic oxidation sites excluding steroid dienone is 6. The Morgan fingerprint density at radius 2 is 1.61 bits per heavy atom. The summed E-state index contributed by atoms with van der Waals surface area (Å²) in [5.41, 5.74) is 8.00. The van der Waals surface area contributed by atoms with E-state index in [1.807, 2.05) is 58.1 Å². The SMILES string of the molecule is CO[C@H]1C[C@@H]2CC[C@@H](C)[C@@](O)(O2)C(=O)C(=O)N2CCCC[C@H]2C(=O)O[C@H]([C@H](C)C[C@@H]2CC[C@@H](OCCO)[C@H](OC)C2)CC(=O)[C@H](C)/C=C(\C)[C@@H](O)[C@@H](OC)C(=O)[C@H](C)C[C@H](C)/C=C/C=C/C=C/1C.COc1cc2nccc(Oc3ccc(NC(=O)NC4CC4)c(Cl)c3)c2cc1C(N)=O. The van der Waals surface area contributed by atoms with Gasteiger partial charge in [0, 0.05) is 88.2 Å². The number of ketones is 3. The number of esters is 1. The van der Waals surface area contributed by atoms with Crippen molar-refractivity contribution in [2.24, 2.45) is 41.2 Å². The lowest BCUT2D eigenvalue weighted by Crippen LogP contribution is -2.61. The van der Waals surface area contributed by atoms with Gasteiger partial charge in [-0.3, -0.25) is 29.0 Å². The molecule has 2 bridgehead atoms. The second-order valence-electron chi connectivity index (χ2n) is 27.0. The third kappa shape index (κ3) is 21.1. The first-order chi connectivity index (χ1) is 46.7. The summed E-state index contributed by atoms with van der Waals surface area (Å²) in [6.07, 6.45) is 15.6. The topological polar surface area (TPSA) is 320 Å². The monoisotopic (exact) mass is 1380 g/mol. The number of carbonyl (C=O) groups is 7. The van der Waals surface area contributed by atoms with Crippen LogP contribution in [0, 0.1) is 35.5 Å². The number of hydrogen-bond acceptors (Lipinski definition) is 19. The number of nitrogens with one attached hydrogen (secondary N) is 2. The maximum Gasteiger partial charge on any atom is 0.329 e. The first-order valence-electron chi connectivity index (χ1n) is 34.3. The van der Waals surface area contributed by atoms with Crippen LogP contribution in [0.25, 0.3) is 10.9 Å². The number of urea groups is 1. The fourth-order valence-corrected chi connectivity index (χ4v) is 13.7. The number of hydrogen-bond donors (Lipinski definition) is 6. The van der Waals surface area contributed by atoms with Crippen LogP contribution in [0.2, 0.25) is 5.02 Å². The largest absolute Gasteiger partial charge is 0.496 e. The molecule has 4 heterocycles. The molecule has 2 aliphatic carbocycles. The molecule has 2 saturated heterocycles. The van der Waals surface area contributed by atoms with E-state index in [2.05, 4.69) is 15.6 Å². The number of benzene rings is 2. The molecule has 15 atom stereocenters. The van der Waals surface area contributed by atoms with Gasteiger partial charge in [0.25, 0.3) is 17.6 Å². The van der Waals surface area contributed by atoms with Crippen LogP contribution < -0.4 is 25.8 Å². The molecule has 4 fully saturated rings. The number of methoxy groups -OCH3 is 4. The Bertz CT molecular complexity index is 3390. The first-order valence-corrected chi connectivity index (χ1v) is 34.6. The number of nitrogens with zero attached hydrogens (tertiary/aromatic N) is 2. The third-order valence-electron chi connectivity index (χ3n) is 19.5. The molecule has 2 aromatic carbocycles. The molecular weight excluding hydrogens is 1280 g/mol. The Morgan fingerprint density at radius 1 is 0.857 bits per heavy atom. The van der Waals surface area contributed by atoms with Gasteiger partial charge in [-0.15, -0.1) is 0 Å². The minimum Gasteiger partial charge on any atom is -0.496 e. The van der Waals surface area contributed by atoms with E-state index in [-0.39, 0.29) is 91.8 Å². The van der Waals surface area contributed by atoms with Crippen molar-refractivity contribution in [3.05, 3.63) is 101 Å². The van der Waals surface area contributed by atoms with E-state index in [1.165, 1.54) is 19.1 Å². The summed E-state index contributed by atoms with van der Waals surface area (Å²) < 4.78 is 46.7. The first kappa shape index (κ1) is 78.4. The van der Waals surface area contributed by atoms with Crippen molar-refractivity contribution in [3.8, 4) is 17.2 Å². The van der Waals surface area contributed by atoms with E-state index in [0.717, 1.165) is 24.8 Å². The molecule has 0 spiro atoms. The number of aliphatic hydroxyl groups is 3. The van der Waals surface area contributed by atoms with Crippen molar-refractivity contribution in [2.45, 2.75) is 199 Å². The number of halogens is 1. The number of ether oxygens (including phenoxy) is 8. The average Bonchev–Trinajstić information content (AvgIpc) is 0.875. The highest BCUT2D eigenvalue weighted by molar-refractivity contribution is 6.39. The van der Waals surface area contributed by atoms with Crippen LogP contribution in [0.5, 0.6) is 17.2 Å². The number of Topliss-reactive ketones (excluding diaryl/α,β-unsaturated/α-hetero) is 3. The highest BCUT2D eigenvalue weighted by Crippen LogP contribution is 2.40. The second-order valence-corrected chi connectivity index (χ2v) is 27.4. The fourth-order valence-electron chi connectivity index (χ4n) is 13.5. The predicted octanol–water partition coefficient (Wildman–Crippen LogP) is 10.3. The molecule has 3 aliphatic heterocycles. The van der Waals surface area contributed by atoms with E-state index in [4.69, 9.17) is 55.2 Å². The second kappa shape index (κ2) is 36.9. The average molecular weight is 1390 g/mol. The Balaban J connectivity index is 0.000000371. The van der Waals surface area contributed by atoms with Gasteiger partial charge in [0.15, 0.2) is 5.78 Å². The number of amides is 4. The number of fused-ring (bicyclic) bond motifs is 4. The zero-order chi connectivity index (χ0) is 71.5. The summed E-state index contributed by atoms with van der Waals surface area (Å²) >= 11 is 6.30. The van der Waals surface area contributed by atoms with Crippen molar-refractivity contribution in [1.82, 2.24) is 15.2 Å². The molecule has 8 rings (SSSR count). The van der Waals surface area contributed by atoms with E-state index in [0.29, 0.717) is 102 Å². The van der Waals surface area contributed by atoms with Gasteiger partial charge < -0.3 is 74.5 Å². The van der Waals surface area contributed by atoms with Crippen LogP contribution >= 0.6 is 11.6 Å². The molecule has 24 heteroatoms. The van der Waals surface area contributed by atoms with Gasteiger partial charge >= 0.3 is 12.0 Å². The lowest BCUT2D eigenvalue weighted by atomic mass is 9.78. The van der Waals surface area contributed by atoms with Gasteiger partial charge in [0.2, 0.25) is 5.79 Å². The molecule has 4 amide bonds. The summed E-state index contributed by atoms with van der Waals surface area (Å²) in [7, 11) is 6.04. The van der Waals surface area contributed by atoms with Crippen molar-refractivity contribution in [1.29, 1.82) is 0 Å². The lowest BCUT2D eigenvalue weighted by molar-refractivity contribution is -0.265. The van der Waals surface area contributed by atoms with Crippen molar-refractivity contribution in [3.63, 3.8) is 0 Å². The molecule has 0 unspecified atom stereocenters. The number of primary amides is 1. The molecular formula is C74H102ClN5O18. The Morgan fingerprint density at radius 3 is 2.29 bits per heavy atom. The molecule has 538 valence electrons. The molecule has 5 aliphatic rings. The van der Waals surface area contributed by atoms with E-state index >= 15 is 0 Å². The molecule has 0 radical (unpaired) electrons. The number of carbonyl (C=O) groups excluding carboxylic acids is 7.